The van der Waals surface area contributed by atoms with Gasteiger partial charge in [0.2, 0.25) is 0 Å². The molecule has 0 bridgehead atoms. The maximum atomic E-state index is 13.3. The van der Waals surface area contributed by atoms with Gasteiger partial charge < -0.3 is 14.5 Å². The van der Waals surface area contributed by atoms with Crippen LogP contribution in [0.15, 0.2) is 48.5 Å². The molecule has 0 radical (unpaired) electrons. The first-order valence-corrected chi connectivity index (χ1v) is 8.25. The van der Waals surface area contributed by atoms with Gasteiger partial charge in [-0.05, 0) is 42.8 Å². The third-order valence-electron chi connectivity index (χ3n) is 3.91. The van der Waals surface area contributed by atoms with Crippen molar-refractivity contribution in [1.29, 1.82) is 0 Å². The van der Waals surface area contributed by atoms with Crippen LogP contribution in [0.3, 0.4) is 0 Å². The van der Waals surface area contributed by atoms with Crippen LogP contribution in [-0.4, -0.2) is 44.0 Å². The molecule has 0 fully saturated rings. The Morgan fingerprint density at radius 1 is 1.08 bits per heavy atom. The smallest absolute Gasteiger partial charge is 0.338 e. The average molecular weight is 358 g/mol. The van der Waals surface area contributed by atoms with Crippen LogP contribution in [0.25, 0.3) is 0 Å². The Labute approximate surface area is 153 Å². The van der Waals surface area contributed by atoms with Gasteiger partial charge in [-0.2, -0.15) is 0 Å². The quantitative estimate of drug-likeness (QED) is 0.745. The summed E-state index contributed by atoms with van der Waals surface area (Å²) in [5, 5.41) is 0. The molecule has 1 amide bonds. The van der Waals surface area contributed by atoms with Crippen molar-refractivity contribution in [3.05, 3.63) is 65.5 Å². The molecule has 0 aliphatic rings. The van der Waals surface area contributed by atoms with Crippen LogP contribution in [0.1, 0.15) is 22.8 Å². The number of nitrogens with zero attached hydrogens (tertiary/aromatic N) is 2. The van der Waals surface area contributed by atoms with Gasteiger partial charge in [0.25, 0.3) is 5.91 Å². The van der Waals surface area contributed by atoms with E-state index in [1.54, 1.807) is 37.4 Å². The van der Waals surface area contributed by atoms with E-state index in [2.05, 4.69) is 0 Å². The Kier molecular flexibility index (Phi) is 6.33. The lowest BCUT2D eigenvalue weighted by molar-refractivity contribution is -0.139. The first-order chi connectivity index (χ1) is 12.3. The number of esters is 1. The first kappa shape index (κ1) is 19.4. The van der Waals surface area contributed by atoms with Crippen LogP contribution >= 0.6 is 0 Å². The van der Waals surface area contributed by atoms with Crippen molar-refractivity contribution in [2.24, 2.45) is 0 Å². The highest BCUT2D eigenvalue weighted by Gasteiger charge is 2.22. The normalized spacial score (nSPS) is 11.6. The number of anilines is 1. The Morgan fingerprint density at radius 3 is 2.42 bits per heavy atom. The molecule has 0 saturated carbocycles. The summed E-state index contributed by atoms with van der Waals surface area (Å²) in [5.41, 5.74) is 1.91. The minimum atomic E-state index is -0.941. The van der Waals surface area contributed by atoms with Gasteiger partial charge in [0.05, 0.1) is 5.56 Å². The second kappa shape index (κ2) is 8.47. The molecule has 138 valence electrons. The van der Waals surface area contributed by atoms with Crippen molar-refractivity contribution >= 4 is 17.6 Å². The zero-order chi connectivity index (χ0) is 19.3. The molecule has 0 aromatic heterocycles. The summed E-state index contributed by atoms with van der Waals surface area (Å²) in [5.74, 6) is -1.27. The number of amides is 1. The van der Waals surface area contributed by atoms with E-state index in [1.807, 2.05) is 25.1 Å². The second-order valence-electron chi connectivity index (χ2n) is 6.32. The van der Waals surface area contributed by atoms with E-state index < -0.39 is 12.1 Å². The predicted molar refractivity (Wildman–Crippen MR) is 98.5 cm³/mol. The molecule has 0 N–H and O–H groups in total. The number of hydrogen-bond donors (Lipinski definition) is 0. The highest BCUT2D eigenvalue weighted by molar-refractivity contribution is 5.93. The third kappa shape index (κ3) is 5.05. The molecule has 2 rings (SSSR count). The Balaban J connectivity index is 1.99. The SMILES string of the molecule is CC(OC(=O)c1cccc(N(C)C)c1)C(=O)N(C)Cc1cccc(F)c1. The van der Waals surface area contributed by atoms with E-state index in [0.717, 1.165) is 5.69 Å². The summed E-state index contributed by atoms with van der Waals surface area (Å²) in [6.07, 6.45) is -0.941. The number of halogens is 1. The fraction of sp³-hybridized carbons (Fsp3) is 0.300. The molecule has 0 spiro atoms. The third-order valence-corrected chi connectivity index (χ3v) is 3.91. The van der Waals surface area contributed by atoms with E-state index in [1.165, 1.54) is 24.0 Å². The van der Waals surface area contributed by atoms with Gasteiger partial charge in [0, 0.05) is 33.4 Å². The number of likely N-dealkylation sites (N-methyl/N-ethyl adjacent to an activating group) is 1. The lowest BCUT2D eigenvalue weighted by Crippen LogP contribution is -2.37. The minimum absolute atomic E-state index is 0.231. The number of ether oxygens (including phenoxy) is 1. The molecule has 0 aliphatic heterocycles. The standard InChI is InChI=1S/C20H23FN2O3/c1-14(19(24)23(4)13-15-7-5-9-17(21)11-15)26-20(25)16-8-6-10-18(12-16)22(2)3/h5-12,14H,13H2,1-4H3. The van der Waals surface area contributed by atoms with E-state index in [9.17, 15) is 14.0 Å². The Bertz CT molecular complexity index is 792. The number of carbonyl (C=O) groups excluding carboxylic acids is 2. The van der Waals surface area contributed by atoms with E-state index >= 15 is 0 Å². The topological polar surface area (TPSA) is 49.9 Å². The van der Waals surface area contributed by atoms with Gasteiger partial charge in [-0.3, -0.25) is 4.79 Å². The summed E-state index contributed by atoms with van der Waals surface area (Å²) < 4.78 is 18.5. The molecule has 1 unspecified atom stereocenters. The van der Waals surface area contributed by atoms with Crippen molar-refractivity contribution in [2.75, 3.05) is 26.0 Å². The van der Waals surface area contributed by atoms with E-state index in [4.69, 9.17) is 4.74 Å². The second-order valence-corrected chi connectivity index (χ2v) is 6.32. The molecule has 26 heavy (non-hydrogen) atoms. The van der Waals surface area contributed by atoms with Gasteiger partial charge in [-0.25, -0.2) is 9.18 Å². The van der Waals surface area contributed by atoms with Crippen molar-refractivity contribution in [1.82, 2.24) is 4.90 Å². The van der Waals surface area contributed by atoms with Crippen molar-refractivity contribution in [3.8, 4) is 0 Å². The average Bonchev–Trinajstić information content (AvgIpc) is 2.61. The molecule has 0 saturated heterocycles. The molecule has 5 nitrogen and oxygen atoms in total. The van der Waals surface area contributed by atoms with Crippen LogP contribution in [0, 0.1) is 5.82 Å². The van der Waals surface area contributed by atoms with Crippen molar-refractivity contribution < 1.29 is 18.7 Å². The zero-order valence-electron chi connectivity index (χ0n) is 15.4. The molecule has 2 aromatic rings. The number of hydrogen-bond acceptors (Lipinski definition) is 4. The van der Waals surface area contributed by atoms with Crippen LogP contribution in [0.2, 0.25) is 0 Å². The molecule has 2 aromatic carbocycles. The Hall–Kier alpha value is -2.89. The fourth-order valence-electron chi connectivity index (χ4n) is 2.49. The van der Waals surface area contributed by atoms with Crippen molar-refractivity contribution in [2.45, 2.75) is 19.6 Å². The Morgan fingerprint density at radius 2 is 1.77 bits per heavy atom. The largest absolute Gasteiger partial charge is 0.449 e. The first-order valence-electron chi connectivity index (χ1n) is 8.25. The monoisotopic (exact) mass is 358 g/mol. The minimum Gasteiger partial charge on any atom is -0.449 e. The maximum Gasteiger partial charge on any atom is 0.338 e. The van der Waals surface area contributed by atoms with E-state index in [-0.39, 0.29) is 18.3 Å². The molecule has 0 heterocycles. The molecule has 1 atom stereocenters. The number of carbonyl (C=O) groups is 2. The van der Waals surface area contributed by atoms with Crippen LogP contribution in [0.4, 0.5) is 10.1 Å². The lowest BCUT2D eigenvalue weighted by Gasteiger charge is -2.22. The number of rotatable bonds is 6. The van der Waals surface area contributed by atoms with Gasteiger partial charge in [-0.1, -0.05) is 18.2 Å². The summed E-state index contributed by atoms with van der Waals surface area (Å²) in [7, 11) is 5.33. The zero-order valence-corrected chi connectivity index (χ0v) is 15.4. The van der Waals surface area contributed by atoms with Crippen LogP contribution in [0.5, 0.6) is 0 Å². The lowest BCUT2D eigenvalue weighted by atomic mass is 10.2. The van der Waals surface area contributed by atoms with Crippen LogP contribution in [-0.2, 0) is 16.1 Å². The van der Waals surface area contributed by atoms with Crippen molar-refractivity contribution in [3.63, 3.8) is 0 Å². The van der Waals surface area contributed by atoms with E-state index in [0.29, 0.717) is 11.1 Å². The molecular weight excluding hydrogens is 335 g/mol. The van der Waals surface area contributed by atoms with Gasteiger partial charge in [0.1, 0.15) is 5.82 Å². The predicted octanol–water partition coefficient (Wildman–Crippen LogP) is 3.10. The van der Waals surface area contributed by atoms with Gasteiger partial charge in [0.15, 0.2) is 6.10 Å². The molecule has 0 aliphatic carbocycles. The molecule has 6 heteroatoms. The summed E-state index contributed by atoms with van der Waals surface area (Å²) in [6.45, 7) is 1.76. The highest BCUT2D eigenvalue weighted by Crippen LogP contribution is 2.15. The summed E-state index contributed by atoms with van der Waals surface area (Å²) >= 11 is 0. The fourth-order valence-corrected chi connectivity index (χ4v) is 2.49. The number of benzene rings is 2. The van der Waals surface area contributed by atoms with Crippen LogP contribution < -0.4 is 4.90 Å². The maximum absolute atomic E-state index is 13.3. The summed E-state index contributed by atoms with van der Waals surface area (Å²) in [6, 6.07) is 13.0. The highest BCUT2D eigenvalue weighted by atomic mass is 19.1. The molecular formula is C20H23FN2O3. The van der Waals surface area contributed by atoms with Gasteiger partial charge >= 0.3 is 5.97 Å². The van der Waals surface area contributed by atoms with Gasteiger partial charge in [-0.15, -0.1) is 0 Å². The summed E-state index contributed by atoms with van der Waals surface area (Å²) in [4.78, 5) is 28.0.